The van der Waals surface area contributed by atoms with E-state index in [4.69, 9.17) is 14.6 Å². The number of urea groups is 1. The lowest BCUT2D eigenvalue weighted by atomic mass is 9.98. The molecule has 3 N–H and O–H groups in total. The average molecular weight is 328 g/mol. The number of nitrogens with zero attached hydrogens (tertiary/aromatic N) is 1. The van der Waals surface area contributed by atoms with Gasteiger partial charge in [0.1, 0.15) is 0 Å². The standard InChI is InChI=1S/C15H21FN2O5/c1-22-11-5-10(6-12(23-2)13(11)20)3-4-17-14(21)18-7-15(16,8-18)9-19/h5-6,19-20H,3-4,7-9H2,1-2H3,(H,17,21). The maximum absolute atomic E-state index is 13.5. The Labute approximate surface area is 133 Å². The summed E-state index contributed by atoms with van der Waals surface area (Å²) in [6.07, 6.45) is 0.493. The predicted molar refractivity (Wildman–Crippen MR) is 80.8 cm³/mol. The normalized spacial score (nSPS) is 15.7. The summed E-state index contributed by atoms with van der Waals surface area (Å²) < 4.78 is 23.6. The molecule has 2 rings (SSSR count). The lowest BCUT2D eigenvalue weighted by Gasteiger charge is -2.43. The molecule has 0 atom stereocenters. The third-order valence-electron chi connectivity index (χ3n) is 3.75. The maximum Gasteiger partial charge on any atom is 0.317 e. The number of methoxy groups -OCH3 is 2. The van der Waals surface area contributed by atoms with Gasteiger partial charge in [0, 0.05) is 6.54 Å². The van der Waals surface area contributed by atoms with Crippen LogP contribution in [0.1, 0.15) is 5.56 Å². The van der Waals surface area contributed by atoms with E-state index in [1.807, 2.05) is 0 Å². The van der Waals surface area contributed by atoms with Crippen molar-refractivity contribution in [2.45, 2.75) is 12.1 Å². The van der Waals surface area contributed by atoms with Crippen LogP contribution in [0.2, 0.25) is 0 Å². The second-order valence-electron chi connectivity index (χ2n) is 5.50. The number of halogens is 1. The van der Waals surface area contributed by atoms with E-state index in [0.717, 1.165) is 5.56 Å². The Morgan fingerprint density at radius 1 is 1.35 bits per heavy atom. The van der Waals surface area contributed by atoms with Crippen LogP contribution in [0.25, 0.3) is 0 Å². The number of amides is 2. The van der Waals surface area contributed by atoms with Crippen LogP contribution in [-0.4, -0.2) is 67.3 Å². The summed E-state index contributed by atoms with van der Waals surface area (Å²) >= 11 is 0. The molecular weight excluding hydrogens is 307 g/mol. The summed E-state index contributed by atoms with van der Waals surface area (Å²) in [5.41, 5.74) is -0.856. The van der Waals surface area contributed by atoms with Crippen LogP contribution in [0.4, 0.5) is 9.18 Å². The highest BCUT2D eigenvalue weighted by Gasteiger charge is 2.45. The van der Waals surface area contributed by atoms with Gasteiger partial charge in [-0.05, 0) is 24.1 Å². The van der Waals surface area contributed by atoms with E-state index in [1.54, 1.807) is 12.1 Å². The van der Waals surface area contributed by atoms with Gasteiger partial charge in [-0.15, -0.1) is 0 Å². The number of aliphatic hydroxyl groups is 1. The molecule has 1 fully saturated rings. The molecule has 23 heavy (non-hydrogen) atoms. The van der Waals surface area contributed by atoms with Crippen LogP contribution >= 0.6 is 0 Å². The number of carbonyl (C=O) groups is 1. The molecule has 8 heteroatoms. The monoisotopic (exact) mass is 328 g/mol. The third kappa shape index (κ3) is 3.76. The van der Waals surface area contributed by atoms with Crippen molar-refractivity contribution < 1.29 is 28.9 Å². The van der Waals surface area contributed by atoms with Gasteiger partial charge in [0.2, 0.25) is 5.75 Å². The fourth-order valence-corrected chi connectivity index (χ4v) is 2.40. The molecule has 2 amide bonds. The minimum Gasteiger partial charge on any atom is -0.502 e. The summed E-state index contributed by atoms with van der Waals surface area (Å²) in [5, 5.41) is 21.3. The molecule has 0 spiro atoms. The fraction of sp³-hybridized carbons (Fsp3) is 0.533. The van der Waals surface area contributed by atoms with E-state index in [2.05, 4.69) is 5.32 Å². The van der Waals surface area contributed by atoms with Crippen molar-refractivity contribution in [3.05, 3.63) is 17.7 Å². The number of hydrogen-bond donors (Lipinski definition) is 3. The zero-order valence-corrected chi connectivity index (χ0v) is 13.1. The Hall–Kier alpha value is -2.22. The number of alkyl halides is 1. The average Bonchev–Trinajstić information content (AvgIpc) is 2.52. The quantitative estimate of drug-likeness (QED) is 0.714. The molecule has 128 valence electrons. The van der Waals surface area contributed by atoms with Crippen molar-refractivity contribution in [1.29, 1.82) is 0 Å². The molecular formula is C15H21FN2O5. The van der Waals surface area contributed by atoms with Gasteiger partial charge in [0.05, 0.1) is 33.9 Å². The summed E-state index contributed by atoms with van der Waals surface area (Å²) in [6.45, 7) is -0.443. The number of hydrogen-bond acceptors (Lipinski definition) is 5. The molecule has 0 saturated carbocycles. The van der Waals surface area contributed by atoms with E-state index in [-0.39, 0.29) is 24.9 Å². The molecule has 1 heterocycles. The number of likely N-dealkylation sites (tertiary alicyclic amines) is 1. The van der Waals surface area contributed by atoms with Crippen molar-refractivity contribution in [3.8, 4) is 17.2 Å². The molecule has 0 unspecified atom stereocenters. The van der Waals surface area contributed by atoms with E-state index in [9.17, 15) is 14.3 Å². The summed E-state index contributed by atoms with van der Waals surface area (Å²) in [5.74, 6) is 0.504. The molecule has 0 radical (unpaired) electrons. The second kappa shape index (κ2) is 6.91. The number of rotatable bonds is 6. The van der Waals surface area contributed by atoms with E-state index >= 15 is 0 Å². The number of phenolic OH excluding ortho intramolecular Hbond substituents is 1. The van der Waals surface area contributed by atoms with Crippen molar-refractivity contribution in [2.75, 3.05) is 40.5 Å². The molecule has 0 aliphatic carbocycles. The second-order valence-corrected chi connectivity index (χ2v) is 5.50. The van der Waals surface area contributed by atoms with Crippen LogP contribution in [0.5, 0.6) is 17.2 Å². The number of benzene rings is 1. The number of nitrogens with one attached hydrogen (secondary N) is 1. The van der Waals surface area contributed by atoms with Gasteiger partial charge in [-0.25, -0.2) is 9.18 Å². The smallest absolute Gasteiger partial charge is 0.317 e. The van der Waals surface area contributed by atoms with Crippen molar-refractivity contribution in [2.24, 2.45) is 0 Å². The zero-order valence-electron chi connectivity index (χ0n) is 13.1. The highest BCUT2D eigenvalue weighted by atomic mass is 19.1. The Morgan fingerprint density at radius 2 is 1.91 bits per heavy atom. The van der Waals surface area contributed by atoms with Crippen LogP contribution in [0, 0.1) is 0 Å². The molecule has 0 aromatic heterocycles. The van der Waals surface area contributed by atoms with Gasteiger partial charge in [0.25, 0.3) is 0 Å². The molecule has 1 aliphatic heterocycles. The van der Waals surface area contributed by atoms with Crippen molar-refractivity contribution >= 4 is 6.03 Å². The first-order valence-electron chi connectivity index (χ1n) is 7.19. The fourth-order valence-electron chi connectivity index (χ4n) is 2.40. The number of phenols is 1. The van der Waals surface area contributed by atoms with Crippen molar-refractivity contribution in [1.82, 2.24) is 10.2 Å². The Kier molecular flexibility index (Phi) is 5.15. The van der Waals surface area contributed by atoms with E-state index in [1.165, 1.54) is 19.1 Å². The van der Waals surface area contributed by atoms with E-state index < -0.39 is 12.3 Å². The number of ether oxygens (including phenoxy) is 2. The summed E-state index contributed by atoms with van der Waals surface area (Å²) in [4.78, 5) is 13.1. The number of carbonyl (C=O) groups excluding carboxylic acids is 1. The highest BCUT2D eigenvalue weighted by Crippen LogP contribution is 2.37. The van der Waals surface area contributed by atoms with Gasteiger partial charge in [0.15, 0.2) is 17.2 Å². The first kappa shape index (κ1) is 17.1. The summed E-state index contributed by atoms with van der Waals surface area (Å²) in [7, 11) is 2.88. The number of aliphatic hydroxyl groups excluding tert-OH is 1. The lowest BCUT2D eigenvalue weighted by Crippen LogP contribution is -2.64. The van der Waals surface area contributed by atoms with Gasteiger partial charge < -0.3 is 29.9 Å². The molecule has 1 aromatic rings. The van der Waals surface area contributed by atoms with Gasteiger partial charge >= 0.3 is 6.03 Å². The van der Waals surface area contributed by atoms with Gasteiger partial charge in [-0.3, -0.25) is 0 Å². The lowest BCUT2D eigenvalue weighted by molar-refractivity contribution is -0.0440. The molecule has 0 bridgehead atoms. The highest BCUT2D eigenvalue weighted by molar-refractivity contribution is 5.75. The predicted octanol–water partition coefficient (Wildman–Crippen LogP) is 0.678. The molecule has 1 aromatic carbocycles. The van der Waals surface area contributed by atoms with Crippen LogP contribution in [0.15, 0.2) is 12.1 Å². The van der Waals surface area contributed by atoms with Crippen LogP contribution < -0.4 is 14.8 Å². The van der Waals surface area contributed by atoms with Crippen molar-refractivity contribution in [3.63, 3.8) is 0 Å². The zero-order chi connectivity index (χ0) is 17.0. The Bertz CT molecular complexity index is 550. The third-order valence-corrected chi connectivity index (χ3v) is 3.75. The minimum atomic E-state index is -1.67. The first-order chi connectivity index (χ1) is 10.9. The largest absolute Gasteiger partial charge is 0.502 e. The topological polar surface area (TPSA) is 91.3 Å². The Balaban J connectivity index is 1.86. The maximum atomic E-state index is 13.5. The Morgan fingerprint density at radius 3 is 2.39 bits per heavy atom. The van der Waals surface area contributed by atoms with Crippen LogP contribution in [-0.2, 0) is 6.42 Å². The van der Waals surface area contributed by atoms with E-state index in [0.29, 0.717) is 24.5 Å². The molecule has 1 aliphatic rings. The SMILES string of the molecule is COc1cc(CCNC(=O)N2CC(F)(CO)C2)cc(OC)c1O. The molecule has 1 saturated heterocycles. The minimum absolute atomic E-state index is 0.0772. The van der Waals surface area contributed by atoms with Crippen LogP contribution in [0.3, 0.4) is 0 Å². The molecule has 7 nitrogen and oxygen atoms in total. The van der Waals surface area contributed by atoms with Gasteiger partial charge in [-0.2, -0.15) is 0 Å². The number of aromatic hydroxyl groups is 1. The van der Waals surface area contributed by atoms with Gasteiger partial charge in [-0.1, -0.05) is 0 Å². The first-order valence-corrected chi connectivity index (χ1v) is 7.19. The summed E-state index contributed by atoms with van der Waals surface area (Å²) in [6, 6.07) is 2.95.